The molecule has 0 spiro atoms. The minimum atomic E-state index is -2.43. The molecule has 1 saturated carbocycles. The van der Waals surface area contributed by atoms with Crippen LogP contribution in [-0.4, -0.2) is 29.7 Å². The van der Waals surface area contributed by atoms with Gasteiger partial charge in [0.2, 0.25) is 0 Å². The molecule has 1 amide bonds. The largest absolute Gasteiger partial charge is 0.339 e. The molecule has 1 aliphatic carbocycles. The number of hydrogen-bond acceptors (Lipinski definition) is 2. The average Bonchev–Trinajstić information content (AvgIpc) is 2.47. The maximum atomic E-state index is 12.4. The van der Waals surface area contributed by atoms with Crippen LogP contribution in [0.3, 0.4) is 0 Å². The molecule has 2 rings (SSSR count). The number of carbonyl (C=O) groups excluding carboxylic acids is 1. The highest BCUT2D eigenvalue weighted by Crippen LogP contribution is 2.28. The summed E-state index contributed by atoms with van der Waals surface area (Å²) in [5.74, 6) is -1.71. The van der Waals surface area contributed by atoms with Crippen LogP contribution < -0.4 is 0 Å². The number of alkyl halides is 2. The lowest BCUT2D eigenvalue weighted by Gasteiger charge is -2.33. The Labute approximate surface area is 128 Å². The molecular formula is C16H21F2NOS. The van der Waals surface area contributed by atoms with Crippen molar-refractivity contribution in [2.45, 2.75) is 49.3 Å². The van der Waals surface area contributed by atoms with Crippen molar-refractivity contribution in [1.82, 2.24) is 4.90 Å². The molecule has 0 radical (unpaired) electrons. The number of thioether (sulfide) groups is 1. The Hall–Kier alpha value is -1.10. The first kappa shape index (κ1) is 16.3. The van der Waals surface area contributed by atoms with E-state index in [1.807, 2.05) is 7.05 Å². The predicted octanol–water partition coefficient (Wildman–Crippen LogP) is 4.65. The summed E-state index contributed by atoms with van der Waals surface area (Å²) in [6.45, 7) is 2.25. The Morgan fingerprint density at radius 1 is 1.19 bits per heavy atom. The summed E-state index contributed by atoms with van der Waals surface area (Å²) < 4.78 is 24.5. The monoisotopic (exact) mass is 313 g/mol. The number of amides is 1. The number of nitrogens with zero attached hydrogens (tertiary/aromatic N) is 1. The summed E-state index contributed by atoms with van der Waals surface area (Å²) in [6.07, 6.45) is 4.41. The van der Waals surface area contributed by atoms with Gasteiger partial charge in [0.15, 0.2) is 0 Å². The maximum Gasteiger partial charge on any atom is 0.288 e. The first-order valence-corrected chi connectivity index (χ1v) is 8.17. The van der Waals surface area contributed by atoms with E-state index < -0.39 is 5.76 Å². The van der Waals surface area contributed by atoms with Crippen LogP contribution >= 0.6 is 11.8 Å². The Morgan fingerprint density at radius 2 is 1.76 bits per heavy atom. The fraction of sp³-hybridized carbons (Fsp3) is 0.562. The minimum Gasteiger partial charge on any atom is -0.339 e. The average molecular weight is 313 g/mol. The fourth-order valence-corrected chi connectivity index (χ4v) is 3.28. The van der Waals surface area contributed by atoms with Gasteiger partial charge in [-0.1, -0.05) is 18.7 Å². The van der Waals surface area contributed by atoms with Gasteiger partial charge < -0.3 is 4.90 Å². The molecule has 0 bridgehead atoms. The van der Waals surface area contributed by atoms with Crippen LogP contribution in [0.15, 0.2) is 29.2 Å². The van der Waals surface area contributed by atoms with Crippen LogP contribution in [-0.2, 0) is 0 Å². The molecule has 2 nitrogen and oxygen atoms in total. The summed E-state index contributed by atoms with van der Waals surface area (Å²) in [7, 11) is 1.84. The summed E-state index contributed by atoms with van der Waals surface area (Å²) >= 11 is 0.497. The Kier molecular flexibility index (Phi) is 5.62. The van der Waals surface area contributed by atoms with Gasteiger partial charge in [-0.3, -0.25) is 4.79 Å². The lowest BCUT2D eigenvalue weighted by molar-refractivity contribution is 0.0679. The van der Waals surface area contributed by atoms with E-state index in [0.29, 0.717) is 28.3 Å². The second-order valence-electron chi connectivity index (χ2n) is 5.73. The normalized spacial score (nSPS) is 22.3. The Balaban J connectivity index is 1.98. The minimum absolute atomic E-state index is 0.0249. The van der Waals surface area contributed by atoms with Crippen molar-refractivity contribution < 1.29 is 13.6 Å². The number of halogens is 2. The summed E-state index contributed by atoms with van der Waals surface area (Å²) in [5.41, 5.74) is 0.565. The van der Waals surface area contributed by atoms with Crippen LogP contribution in [0.2, 0.25) is 0 Å². The lowest BCUT2D eigenvalue weighted by Crippen LogP contribution is -2.39. The molecule has 0 aliphatic heterocycles. The van der Waals surface area contributed by atoms with Gasteiger partial charge >= 0.3 is 0 Å². The standard InChI is InChI=1S/C16H21F2NOS/c1-11-3-7-13(8-4-11)19(2)15(20)12-5-9-14(10-6-12)21-16(17)18/h5-6,9-11,13,16H,3-4,7-8H2,1-2H3. The molecule has 0 unspecified atom stereocenters. The van der Waals surface area contributed by atoms with Crippen LogP contribution in [0.5, 0.6) is 0 Å². The predicted molar refractivity (Wildman–Crippen MR) is 81.8 cm³/mol. The third-order valence-corrected chi connectivity index (χ3v) is 4.90. The van der Waals surface area contributed by atoms with Gasteiger partial charge in [0.1, 0.15) is 0 Å². The Bertz CT molecular complexity index is 470. The third kappa shape index (κ3) is 4.43. The van der Waals surface area contributed by atoms with Crippen molar-refractivity contribution in [2.24, 2.45) is 5.92 Å². The van der Waals surface area contributed by atoms with Crippen LogP contribution in [0, 0.1) is 5.92 Å². The molecule has 1 fully saturated rings. The van der Waals surface area contributed by atoms with Gasteiger partial charge in [-0.05, 0) is 55.9 Å². The van der Waals surface area contributed by atoms with Crippen molar-refractivity contribution >= 4 is 17.7 Å². The summed E-state index contributed by atoms with van der Waals surface area (Å²) in [5, 5.41) is 0. The van der Waals surface area contributed by atoms with E-state index in [4.69, 9.17) is 0 Å². The number of benzene rings is 1. The summed E-state index contributed by atoms with van der Waals surface area (Å²) in [6, 6.07) is 6.73. The van der Waals surface area contributed by atoms with Crippen molar-refractivity contribution in [3.8, 4) is 0 Å². The molecule has 1 aromatic rings. The topological polar surface area (TPSA) is 20.3 Å². The zero-order valence-corrected chi connectivity index (χ0v) is 13.2. The molecule has 0 heterocycles. The first-order chi connectivity index (χ1) is 9.97. The summed E-state index contributed by atoms with van der Waals surface area (Å²) in [4.78, 5) is 14.7. The maximum absolute atomic E-state index is 12.4. The van der Waals surface area contributed by atoms with E-state index in [-0.39, 0.29) is 5.91 Å². The zero-order chi connectivity index (χ0) is 15.4. The van der Waals surface area contributed by atoms with Gasteiger partial charge in [-0.2, -0.15) is 8.78 Å². The first-order valence-electron chi connectivity index (χ1n) is 7.29. The SMILES string of the molecule is CC1CCC(N(C)C(=O)c2ccc(SC(F)F)cc2)CC1. The fourth-order valence-electron chi connectivity index (χ4n) is 2.78. The van der Waals surface area contributed by atoms with E-state index in [1.54, 1.807) is 29.2 Å². The second-order valence-corrected chi connectivity index (χ2v) is 6.80. The second kappa shape index (κ2) is 7.25. The van der Waals surface area contributed by atoms with Crippen LogP contribution in [0.25, 0.3) is 0 Å². The third-order valence-electron chi connectivity index (χ3n) is 4.18. The quantitative estimate of drug-likeness (QED) is 0.754. The van der Waals surface area contributed by atoms with Crippen molar-refractivity contribution in [2.75, 3.05) is 7.05 Å². The molecule has 0 saturated heterocycles. The molecular weight excluding hydrogens is 292 g/mol. The smallest absolute Gasteiger partial charge is 0.288 e. The van der Waals surface area contributed by atoms with E-state index in [2.05, 4.69) is 6.92 Å². The molecule has 0 aromatic heterocycles. The van der Waals surface area contributed by atoms with E-state index in [0.717, 1.165) is 31.6 Å². The Morgan fingerprint density at radius 3 is 2.29 bits per heavy atom. The van der Waals surface area contributed by atoms with Gasteiger partial charge in [-0.15, -0.1) is 0 Å². The number of carbonyl (C=O) groups is 1. The molecule has 21 heavy (non-hydrogen) atoms. The molecule has 0 atom stereocenters. The van der Waals surface area contributed by atoms with Gasteiger partial charge in [0.25, 0.3) is 11.7 Å². The van der Waals surface area contributed by atoms with E-state index in [9.17, 15) is 13.6 Å². The van der Waals surface area contributed by atoms with Gasteiger partial charge in [-0.25, -0.2) is 0 Å². The van der Waals surface area contributed by atoms with Crippen LogP contribution in [0.4, 0.5) is 8.78 Å². The van der Waals surface area contributed by atoms with Crippen molar-refractivity contribution in [3.63, 3.8) is 0 Å². The van der Waals surface area contributed by atoms with Crippen molar-refractivity contribution in [3.05, 3.63) is 29.8 Å². The number of hydrogen-bond donors (Lipinski definition) is 0. The van der Waals surface area contributed by atoms with Gasteiger partial charge in [0, 0.05) is 23.5 Å². The highest BCUT2D eigenvalue weighted by Gasteiger charge is 2.25. The van der Waals surface area contributed by atoms with E-state index in [1.165, 1.54) is 0 Å². The van der Waals surface area contributed by atoms with E-state index >= 15 is 0 Å². The molecule has 1 aromatic carbocycles. The highest BCUT2D eigenvalue weighted by atomic mass is 32.2. The molecule has 5 heteroatoms. The molecule has 116 valence electrons. The van der Waals surface area contributed by atoms with Crippen molar-refractivity contribution in [1.29, 1.82) is 0 Å². The molecule has 1 aliphatic rings. The lowest BCUT2D eigenvalue weighted by atomic mass is 9.86. The highest BCUT2D eigenvalue weighted by molar-refractivity contribution is 7.99. The number of rotatable bonds is 4. The van der Waals surface area contributed by atoms with Gasteiger partial charge in [0.05, 0.1) is 0 Å². The zero-order valence-electron chi connectivity index (χ0n) is 12.4. The molecule has 0 N–H and O–H groups in total. The van der Waals surface area contributed by atoms with Crippen LogP contribution in [0.1, 0.15) is 43.0 Å².